The number of rotatable bonds is 8. The van der Waals surface area contributed by atoms with E-state index in [1.807, 2.05) is 0 Å². The summed E-state index contributed by atoms with van der Waals surface area (Å²) in [6.45, 7) is 0.186. The van der Waals surface area contributed by atoms with Crippen LogP contribution in [0.5, 0.6) is 5.75 Å². The largest absolute Gasteiger partial charge is 0.435 e. The van der Waals surface area contributed by atoms with Gasteiger partial charge in [-0.25, -0.2) is 8.78 Å². The Morgan fingerprint density at radius 2 is 1.52 bits per heavy atom. The molecule has 2 rings (SSSR count). The number of hydrogen-bond donors (Lipinski definition) is 3. The minimum absolute atomic E-state index is 0.0396. The maximum absolute atomic E-state index is 13.5. The molecule has 2 amide bonds. The maximum atomic E-state index is 13.5. The molecule has 31 heavy (non-hydrogen) atoms. The van der Waals surface area contributed by atoms with Gasteiger partial charge >= 0.3 is 6.61 Å². The number of hydrogen-bond acceptors (Lipinski definition) is 4. The third-order valence-corrected chi connectivity index (χ3v) is 4.62. The van der Waals surface area contributed by atoms with Crippen LogP contribution < -0.4 is 15.4 Å². The summed E-state index contributed by atoms with van der Waals surface area (Å²) in [4.78, 5) is 25.7. The van der Waals surface area contributed by atoms with Gasteiger partial charge in [-0.05, 0) is 50.2 Å². The van der Waals surface area contributed by atoms with E-state index in [1.54, 1.807) is 0 Å². The van der Waals surface area contributed by atoms with Gasteiger partial charge in [0.2, 0.25) is 11.8 Å². The standard InChI is InChI=1S/C21H21F4N3O3/c1-12(26)20(2,17(29)27-14-7-9-16(10-8-14)31-19(22)23)18(30)28-15-6-4-5-13(11-15)21(3,24)25/h4-11,19,26H,1-3H3,(H,27,29)(H,28,30). The first-order valence-corrected chi connectivity index (χ1v) is 9.06. The zero-order valence-corrected chi connectivity index (χ0v) is 16.9. The number of ether oxygens (including phenoxy) is 1. The molecule has 0 spiro atoms. The molecule has 10 heteroatoms. The minimum atomic E-state index is -3.13. The number of benzene rings is 2. The Hall–Kier alpha value is -3.43. The molecule has 0 aromatic heterocycles. The molecule has 0 saturated heterocycles. The van der Waals surface area contributed by atoms with Crippen molar-refractivity contribution in [2.45, 2.75) is 33.3 Å². The first-order valence-electron chi connectivity index (χ1n) is 9.06. The summed E-state index contributed by atoms with van der Waals surface area (Å²) in [7, 11) is 0. The summed E-state index contributed by atoms with van der Waals surface area (Å²) in [6.07, 6.45) is 0. The second-order valence-corrected chi connectivity index (χ2v) is 7.03. The van der Waals surface area contributed by atoms with Crippen molar-refractivity contribution in [2.24, 2.45) is 5.41 Å². The number of anilines is 2. The molecular weight excluding hydrogens is 418 g/mol. The van der Waals surface area contributed by atoms with Gasteiger partial charge in [0.05, 0.1) is 0 Å². The number of halogens is 4. The predicted molar refractivity (Wildman–Crippen MR) is 108 cm³/mol. The van der Waals surface area contributed by atoms with Crippen molar-refractivity contribution in [2.75, 3.05) is 10.6 Å². The molecule has 0 aliphatic heterocycles. The SMILES string of the molecule is CC(=N)C(C)(C(=O)Nc1ccc(OC(F)F)cc1)C(=O)Nc1cccc(C(C)(F)F)c1. The number of nitrogens with one attached hydrogen (secondary N) is 3. The van der Waals surface area contributed by atoms with Crippen molar-refractivity contribution < 1.29 is 31.9 Å². The molecular formula is C21H21F4N3O3. The average molecular weight is 439 g/mol. The van der Waals surface area contributed by atoms with Gasteiger partial charge in [-0.2, -0.15) is 8.78 Å². The summed E-state index contributed by atoms with van der Waals surface area (Å²) < 4.78 is 55.8. The molecule has 6 nitrogen and oxygen atoms in total. The molecule has 1 unspecified atom stereocenters. The number of alkyl halides is 4. The fourth-order valence-corrected chi connectivity index (χ4v) is 2.55. The lowest BCUT2D eigenvalue weighted by Crippen LogP contribution is -2.48. The fourth-order valence-electron chi connectivity index (χ4n) is 2.55. The van der Waals surface area contributed by atoms with Crippen LogP contribution in [0.4, 0.5) is 28.9 Å². The van der Waals surface area contributed by atoms with Crippen molar-refractivity contribution in [3.05, 3.63) is 54.1 Å². The highest BCUT2D eigenvalue weighted by molar-refractivity contribution is 6.28. The van der Waals surface area contributed by atoms with E-state index in [1.165, 1.54) is 56.3 Å². The van der Waals surface area contributed by atoms with Gasteiger partial charge in [-0.3, -0.25) is 9.59 Å². The van der Waals surface area contributed by atoms with Crippen LogP contribution in [0.3, 0.4) is 0 Å². The molecule has 0 saturated carbocycles. The Morgan fingerprint density at radius 3 is 2.00 bits per heavy atom. The topological polar surface area (TPSA) is 91.3 Å². The highest BCUT2D eigenvalue weighted by Crippen LogP contribution is 2.30. The molecule has 2 aromatic carbocycles. The van der Waals surface area contributed by atoms with E-state index in [9.17, 15) is 27.2 Å². The molecule has 0 bridgehead atoms. The van der Waals surface area contributed by atoms with Gasteiger partial charge in [0.25, 0.3) is 5.92 Å². The van der Waals surface area contributed by atoms with Crippen molar-refractivity contribution in [1.29, 1.82) is 5.41 Å². The zero-order chi connectivity index (χ0) is 23.4. The Morgan fingerprint density at radius 1 is 0.968 bits per heavy atom. The molecule has 2 aromatic rings. The average Bonchev–Trinajstić information content (AvgIpc) is 2.67. The van der Waals surface area contributed by atoms with Crippen LogP contribution in [0.25, 0.3) is 0 Å². The summed E-state index contributed by atoms with van der Waals surface area (Å²) in [5, 5.41) is 12.8. The lowest BCUT2D eigenvalue weighted by atomic mass is 9.83. The molecule has 0 fully saturated rings. The molecule has 0 aliphatic rings. The lowest BCUT2D eigenvalue weighted by molar-refractivity contribution is -0.132. The van der Waals surface area contributed by atoms with E-state index in [-0.39, 0.29) is 28.4 Å². The second-order valence-electron chi connectivity index (χ2n) is 7.03. The first-order chi connectivity index (χ1) is 14.3. The summed E-state index contributed by atoms with van der Waals surface area (Å²) >= 11 is 0. The summed E-state index contributed by atoms with van der Waals surface area (Å²) in [5.74, 6) is -5.01. The van der Waals surface area contributed by atoms with Gasteiger partial charge in [0, 0.05) is 29.6 Å². The molecule has 3 N–H and O–H groups in total. The molecule has 1 atom stereocenters. The van der Waals surface area contributed by atoms with Crippen molar-refractivity contribution in [3.63, 3.8) is 0 Å². The van der Waals surface area contributed by atoms with Crippen LogP contribution in [0.1, 0.15) is 26.3 Å². The third kappa shape index (κ3) is 5.80. The van der Waals surface area contributed by atoms with Gasteiger partial charge in [0.15, 0.2) is 5.41 Å². The van der Waals surface area contributed by atoms with Crippen LogP contribution in [0, 0.1) is 10.8 Å². The second kappa shape index (κ2) is 9.15. The molecule has 0 radical (unpaired) electrons. The minimum Gasteiger partial charge on any atom is -0.435 e. The first kappa shape index (κ1) is 23.8. The highest BCUT2D eigenvalue weighted by atomic mass is 19.3. The smallest absolute Gasteiger partial charge is 0.387 e. The number of amides is 2. The number of carbonyl (C=O) groups is 2. The van der Waals surface area contributed by atoms with Crippen LogP contribution >= 0.6 is 0 Å². The van der Waals surface area contributed by atoms with Crippen LogP contribution in [0.2, 0.25) is 0 Å². The molecule has 166 valence electrons. The number of carbonyl (C=O) groups excluding carboxylic acids is 2. The van der Waals surface area contributed by atoms with Crippen molar-refractivity contribution in [3.8, 4) is 5.75 Å². The van der Waals surface area contributed by atoms with E-state index >= 15 is 0 Å². The third-order valence-electron chi connectivity index (χ3n) is 4.62. The van der Waals surface area contributed by atoms with Crippen molar-refractivity contribution >= 4 is 28.9 Å². The van der Waals surface area contributed by atoms with E-state index in [2.05, 4.69) is 15.4 Å². The van der Waals surface area contributed by atoms with E-state index in [4.69, 9.17) is 5.41 Å². The van der Waals surface area contributed by atoms with Crippen LogP contribution in [-0.4, -0.2) is 24.1 Å². The maximum Gasteiger partial charge on any atom is 0.387 e. The van der Waals surface area contributed by atoms with E-state index in [0.717, 1.165) is 6.07 Å². The monoisotopic (exact) mass is 439 g/mol. The zero-order valence-electron chi connectivity index (χ0n) is 16.9. The summed E-state index contributed by atoms with van der Waals surface area (Å²) in [5.41, 5.74) is -2.37. The Labute approximate surface area is 176 Å². The van der Waals surface area contributed by atoms with E-state index < -0.39 is 29.8 Å². The predicted octanol–water partition coefficient (Wildman–Crippen LogP) is 5.02. The highest BCUT2D eigenvalue weighted by Gasteiger charge is 2.43. The fraction of sp³-hybridized carbons (Fsp3) is 0.286. The Balaban J connectivity index is 2.21. The molecule has 0 heterocycles. The van der Waals surface area contributed by atoms with Crippen molar-refractivity contribution in [1.82, 2.24) is 0 Å². The quantitative estimate of drug-likeness (QED) is 0.306. The van der Waals surface area contributed by atoms with Gasteiger partial charge in [-0.1, -0.05) is 12.1 Å². The summed E-state index contributed by atoms with van der Waals surface area (Å²) in [6, 6.07) is 9.98. The van der Waals surface area contributed by atoms with Gasteiger partial charge in [0.1, 0.15) is 5.75 Å². The lowest BCUT2D eigenvalue weighted by Gasteiger charge is -2.26. The molecule has 0 aliphatic carbocycles. The normalized spacial score (nSPS) is 13.3. The van der Waals surface area contributed by atoms with Crippen LogP contribution in [0.15, 0.2) is 48.5 Å². The van der Waals surface area contributed by atoms with E-state index in [0.29, 0.717) is 6.92 Å². The van der Waals surface area contributed by atoms with Gasteiger partial charge < -0.3 is 20.8 Å². The Kier molecular flexibility index (Phi) is 7.04. The Bertz CT molecular complexity index is 975. The van der Waals surface area contributed by atoms with Gasteiger partial charge in [-0.15, -0.1) is 0 Å². The van der Waals surface area contributed by atoms with Crippen LogP contribution in [-0.2, 0) is 15.5 Å².